The fourth-order valence-corrected chi connectivity index (χ4v) is 2.64. The van der Waals surface area contributed by atoms with Gasteiger partial charge in [0.1, 0.15) is 0 Å². The first-order valence-corrected chi connectivity index (χ1v) is 7.77. The van der Waals surface area contributed by atoms with Crippen LogP contribution in [0.15, 0.2) is 53.0 Å². The van der Waals surface area contributed by atoms with Crippen LogP contribution in [0.3, 0.4) is 0 Å². The maximum atomic E-state index is 11.5. The average molecular weight is 346 g/mol. The van der Waals surface area contributed by atoms with Crippen molar-refractivity contribution >= 4 is 27.6 Å². The van der Waals surface area contributed by atoms with E-state index in [1.165, 1.54) is 18.4 Å². The zero-order valence-electron chi connectivity index (χ0n) is 11.4. The van der Waals surface area contributed by atoms with Gasteiger partial charge in [-0.3, -0.25) is 0 Å². The summed E-state index contributed by atoms with van der Waals surface area (Å²) in [6, 6.07) is 14.7. The van der Waals surface area contributed by atoms with Gasteiger partial charge in [0, 0.05) is 10.2 Å². The molecule has 2 aromatic rings. The standard InChI is InChI=1S/C17H16BrNO2/c18-14-7-9-15(10-8-14)19-16(17(20)21)13-5-3-12(4-6-13)11-1-2-11/h3-11,16,19H,1-2H2,(H,20,21). The zero-order valence-corrected chi connectivity index (χ0v) is 13.0. The summed E-state index contributed by atoms with van der Waals surface area (Å²) in [4.78, 5) is 11.5. The van der Waals surface area contributed by atoms with Crippen molar-refractivity contribution in [2.45, 2.75) is 24.8 Å². The van der Waals surface area contributed by atoms with Crippen LogP contribution < -0.4 is 5.32 Å². The molecule has 2 aromatic carbocycles. The molecule has 1 aliphatic rings. The lowest BCUT2D eigenvalue weighted by Crippen LogP contribution is -2.20. The van der Waals surface area contributed by atoms with Crippen LogP contribution in [-0.4, -0.2) is 11.1 Å². The van der Waals surface area contributed by atoms with Crippen LogP contribution in [0.4, 0.5) is 5.69 Å². The highest BCUT2D eigenvalue weighted by molar-refractivity contribution is 9.10. The van der Waals surface area contributed by atoms with E-state index in [-0.39, 0.29) is 0 Å². The highest BCUT2D eigenvalue weighted by Crippen LogP contribution is 2.40. The molecule has 1 aliphatic carbocycles. The van der Waals surface area contributed by atoms with Crippen molar-refractivity contribution in [2.75, 3.05) is 5.32 Å². The molecule has 0 aromatic heterocycles. The van der Waals surface area contributed by atoms with Gasteiger partial charge >= 0.3 is 5.97 Å². The van der Waals surface area contributed by atoms with E-state index in [0.717, 1.165) is 15.7 Å². The fraction of sp³-hybridized carbons (Fsp3) is 0.235. The molecule has 4 heteroatoms. The van der Waals surface area contributed by atoms with E-state index in [4.69, 9.17) is 0 Å². The SMILES string of the molecule is O=C(O)C(Nc1ccc(Br)cc1)c1ccc(C2CC2)cc1. The van der Waals surface area contributed by atoms with Gasteiger partial charge in [0.2, 0.25) is 0 Å². The topological polar surface area (TPSA) is 49.3 Å². The predicted octanol–water partition coefficient (Wildman–Crippen LogP) is 4.56. The van der Waals surface area contributed by atoms with E-state index < -0.39 is 12.0 Å². The first-order valence-electron chi connectivity index (χ1n) is 6.98. The van der Waals surface area contributed by atoms with Gasteiger partial charge < -0.3 is 10.4 Å². The summed E-state index contributed by atoms with van der Waals surface area (Å²) in [5.74, 6) is -0.196. The van der Waals surface area contributed by atoms with Gasteiger partial charge in [-0.05, 0) is 54.2 Å². The van der Waals surface area contributed by atoms with Gasteiger partial charge in [-0.25, -0.2) is 4.79 Å². The van der Waals surface area contributed by atoms with Gasteiger partial charge in [-0.1, -0.05) is 40.2 Å². The third-order valence-corrected chi connectivity index (χ3v) is 4.25. The highest BCUT2D eigenvalue weighted by Gasteiger charge is 2.24. The maximum absolute atomic E-state index is 11.5. The van der Waals surface area contributed by atoms with E-state index in [1.54, 1.807) is 0 Å². The van der Waals surface area contributed by atoms with Crippen LogP contribution in [0.5, 0.6) is 0 Å². The van der Waals surface area contributed by atoms with Crippen LogP contribution >= 0.6 is 15.9 Å². The van der Waals surface area contributed by atoms with Crippen LogP contribution in [-0.2, 0) is 4.79 Å². The minimum absolute atomic E-state index is 0.682. The molecule has 21 heavy (non-hydrogen) atoms. The Morgan fingerprint density at radius 3 is 2.24 bits per heavy atom. The molecule has 0 amide bonds. The third kappa shape index (κ3) is 3.45. The van der Waals surface area contributed by atoms with Gasteiger partial charge in [-0.15, -0.1) is 0 Å². The summed E-state index contributed by atoms with van der Waals surface area (Å²) in [6.07, 6.45) is 2.50. The number of halogens is 1. The molecule has 2 N–H and O–H groups in total. The number of nitrogens with one attached hydrogen (secondary N) is 1. The molecule has 3 nitrogen and oxygen atoms in total. The van der Waals surface area contributed by atoms with E-state index in [2.05, 4.69) is 21.2 Å². The average Bonchev–Trinajstić information content (AvgIpc) is 3.31. The quantitative estimate of drug-likeness (QED) is 0.834. The number of benzene rings is 2. The molecule has 1 atom stereocenters. The van der Waals surface area contributed by atoms with Crippen molar-refractivity contribution in [1.29, 1.82) is 0 Å². The highest BCUT2D eigenvalue weighted by atomic mass is 79.9. The molecule has 0 spiro atoms. The Morgan fingerprint density at radius 1 is 1.10 bits per heavy atom. The fourth-order valence-electron chi connectivity index (χ4n) is 2.38. The molecule has 0 radical (unpaired) electrons. The van der Waals surface area contributed by atoms with Gasteiger partial charge in [0.25, 0.3) is 0 Å². The minimum atomic E-state index is -0.878. The Morgan fingerprint density at radius 2 is 1.71 bits per heavy atom. The van der Waals surface area contributed by atoms with Crippen molar-refractivity contribution < 1.29 is 9.90 Å². The number of hydrogen-bond donors (Lipinski definition) is 2. The van der Waals surface area contributed by atoms with Gasteiger partial charge in [0.05, 0.1) is 0 Å². The Hall–Kier alpha value is -1.81. The number of carboxylic acids is 1. The lowest BCUT2D eigenvalue weighted by molar-refractivity contribution is -0.138. The molecule has 1 saturated carbocycles. The lowest BCUT2D eigenvalue weighted by atomic mass is 10.0. The van der Waals surface area contributed by atoms with E-state index in [1.807, 2.05) is 48.5 Å². The molecule has 0 heterocycles. The van der Waals surface area contributed by atoms with Crippen molar-refractivity contribution in [2.24, 2.45) is 0 Å². The molecular formula is C17H16BrNO2. The van der Waals surface area contributed by atoms with Crippen molar-refractivity contribution in [3.63, 3.8) is 0 Å². The Bertz CT molecular complexity index is 633. The summed E-state index contributed by atoms with van der Waals surface area (Å²) >= 11 is 3.37. The minimum Gasteiger partial charge on any atom is -0.479 e. The Labute approximate surface area is 132 Å². The monoisotopic (exact) mass is 345 g/mol. The molecule has 1 fully saturated rings. The smallest absolute Gasteiger partial charge is 0.330 e. The van der Waals surface area contributed by atoms with E-state index in [0.29, 0.717) is 5.92 Å². The van der Waals surface area contributed by atoms with Crippen LogP contribution in [0.25, 0.3) is 0 Å². The molecule has 1 unspecified atom stereocenters. The summed E-state index contributed by atoms with van der Waals surface area (Å²) in [6.45, 7) is 0. The second-order valence-corrected chi connectivity index (χ2v) is 6.28. The van der Waals surface area contributed by atoms with Gasteiger partial charge in [-0.2, -0.15) is 0 Å². The molecule has 3 rings (SSSR count). The third-order valence-electron chi connectivity index (χ3n) is 3.72. The number of aliphatic carboxylic acids is 1. The predicted molar refractivity (Wildman–Crippen MR) is 86.6 cm³/mol. The first kappa shape index (κ1) is 14.1. The van der Waals surface area contributed by atoms with Crippen LogP contribution in [0.2, 0.25) is 0 Å². The summed E-state index contributed by atoms with van der Waals surface area (Å²) < 4.78 is 0.966. The molecule has 0 saturated heterocycles. The molecule has 108 valence electrons. The van der Waals surface area contributed by atoms with Crippen LogP contribution in [0.1, 0.15) is 35.9 Å². The second-order valence-electron chi connectivity index (χ2n) is 5.36. The van der Waals surface area contributed by atoms with Crippen molar-refractivity contribution in [1.82, 2.24) is 0 Å². The Balaban J connectivity index is 1.79. The number of carboxylic acid groups (broad SMARTS) is 1. The summed E-state index contributed by atoms with van der Waals surface area (Å²) in [5, 5.41) is 12.5. The lowest BCUT2D eigenvalue weighted by Gasteiger charge is -2.16. The van der Waals surface area contributed by atoms with Crippen molar-refractivity contribution in [3.05, 3.63) is 64.1 Å². The summed E-state index contributed by atoms with van der Waals surface area (Å²) in [5.41, 5.74) is 2.87. The first-order chi connectivity index (χ1) is 10.1. The maximum Gasteiger partial charge on any atom is 0.330 e. The Kier molecular flexibility index (Phi) is 3.97. The van der Waals surface area contributed by atoms with E-state index in [9.17, 15) is 9.90 Å². The largest absolute Gasteiger partial charge is 0.479 e. The molecular weight excluding hydrogens is 330 g/mol. The number of hydrogen-bond acceptors (Lipinski definition) is 2. The summed E-state index contributed by atoms with van der Waals surface area (Å²) in [7, 11) is 0. The van der Waals surface area contributed by atoms with Gasteiger partial charge in [0.15, 0.2) is 6.04 Å². The normalized spacial score (nSPS) is 15.5. The number of carbonyl (C=O) groups is 1. The number of anilines is 1. The zero-order chi connectivity index (χ0) is 14.8. The number of rotatable bonds is 5. The molecule has 0 aliphatic heterocycles. The van der Waals surface area contributed by atoms with Crippen LogP contribution in [0, 0.1) is 0 Å². The van der Waals surface area contributed by atoms with Crippen molar-refractivity contribution in [3.8, 4) is 0 Å². The molecule has 0 bridgehead atoms. The second kappa shape index (κ2) is 5.90. The van der Waals surface area contributed by atoms with E-state index >= 15 is 0 Å².